The van der Waals surface area contributed by atoms with Gasteiger partial charge in [-0.2, -0.15) is 0 Å². The average molecular weight is 235 g/mol. The van der Waals surface area contributed by atoms with Crippen LogP contribution in [0.3, 0.4) is 0 Å². The maximum Gasteiger partial charge on any atom is 0.119 e. The third-order valence-corrected chi connectivity index (χ3v) is 3.25. The minimum atomic E-state index is 0.223. The van der Waals surface area contributed by atoms with E-state index in [1.54, 1.807) is 7.11 Å². The Morgan fingerprint density at radius 1 is 1.29 bits per heavy atom. The monoisotopic (exact) mass is 235 g/mol. The number of aryl methyl sites for hydroxylation is 1. The van der Waals surface area contributed by atoms with E-state index in [9.17, 15) is 0 Å². The second kappa shape index (κ2) is 6.03. The Balaban J connectivity index is 1.82. The lowest BCUT2D eigenvalue weighted by Crippen LogP contribution is -2.05. The zero-order chi connectivity index (χ0) is 12.1. The van der Waals surface area contributed by atoms with Crippen LogP contribution in [0.2, 0.25) is 0 Å². The quantitative estimate of drug-likeness (QED) is 0.770. The molecule has 0 heterocycles. The van der Waals surface area contributed by atoms with Crippen molar-refractivity contribution in [3.05, 3.63) is 29.3 Å². The summed E-state index contributed by atoms with van der Waals surface area (Å²) in [7, 11) is 1.73. The SMILES string of the molecule is COCCCCOc1ccc2c(c1)CCC2N. The number of rotatable bonds is 6. The van der Waals surface area contributed by atoms with Gasteiger partial charge < -0.3 is 15.2 Å². The summed E-state index contributed by atoms with van der Waals surface area (Å²) in [6.45, 7) is 1.57. The Morgan fingerprint density at radius 2 is 2.12 bits per heavy atom. The molecule has 0 saturated heterocycles. The van der Waals surface area contributed by atoms with Crippen molar-refractivity contribution in [2.24, 2.45) is 5.73 Å². The minimum Gasteiger partial charge on any atom is -0.494 e. The van der Waals surface area contributed by atoms with Gasteiger partial charge in [0.05, 0.1) is 6.61 Å². The molecule has 0 radical (unpaired) electrons. The van der Waals surface area contributed by atoms with Crippen LogP contribution >= 0.6 is 0 Å². The molecule has 2 N–H and O–H groups in total. The number of fused-ring (bicyclic) bond motifs is 1. The largest absolute Gasteiger partial charge is 0.494 e. The van der Waals surface area contributed by atoms with Crippen molar-refractivity contribution >= 4 is 0 Å². The lowest BCUT2D eigenvalue weighted by molar-refractivity contribution is 0.184. The van der Waals surface area contributed by atoms with Crippen LogP contribution in [-0.2, 0) is 11.2 Å². The van der Waals surface area contributed by atoms with Gasteiger partial charge in [-0.1, -0.05) is 6.07 Å². The fourth-order valence-corrected chi connectivity index (χ4v) is 2.26. The molecule has 0 amide bonds. The maximum absolute atomic E-state index is 6.00. The molecule has 1 aromatic carbocycles. The lowest BCUT2D eigenvalue weighted by atomic mass is 10.1. The van der Waals surface area contributed by atoms with Gasteiger partial charge in [-0.05, 0) is 48.9 Å². The van der Waals surface area contributed by atoms with Crippen LogP contribution in [0, 0.1) is 0 Å². The predicted octanol–water partition coefficient (Wildman–Crippen LogP) is 2.44. The molecule has 0 aliphatic heterocycles. The van der Waals surface area contributed by atoms with Crippen LogP contribution in [0.1, 0.15) is 36.4 Å². The van der Waals surface area contributed by atoms with Crippen LogP contribution < -0.4 is 10.5 Å². The van der Waals surface area contributed by atoms with E-state index < -0.39 is 0 Å². The number of ether oxygens (including phenoxy) is 2. The van der Waals surface area contributed by atoms with E-state index in [1.165, 1.54) is 11.1 Å². The number of methoxy groups -OCH3 is 1. The van der Waals surface area contributed by atoms with Crippen LogP contribution in [-0.4, -0.2) is 20.3 Å². The molecule has 1 aliphatic rings. The number of hydrogen-bond acceptors (Lipinski definition) is 3. The molecule has 1 aromatic rings. The predicted molar refractivity (Wildman–Crippen MR) is 68.3 cm³/mol. The highest BCUT2D eigenvalue weighted by molar-refractivity contribution is 5.40. The Kier molecular flexibility index (Phi) is 4.40. The molecule has 94 valence electrons. The molecule has 0 spiro atoms. The highest BCUT2D eigenvalue weighted by atomic mass is 16.5. The zero-order valence-corrected chi connectivity index (χ0v) is 10.4. The van der Waals surface area contributed by atoms with Crippen LogP contribution in [0.4, 0.5) is 0 Å². The number of unbranched alkanes of at least 4 members (excludes halogenated alkanes) is 1. The summed E-state index contributed by atoms with van der Waals surface area (Å²) in [5.41, 5.74) is 8.64. The highest BCUT2D eigenvalue weighted by Gasteiger charge is 2.18. The summed E-state index contributed by atoms with van der Waals surface area (Å²) in [6.07, 6.45) is 4.22. The van der Waals surface area contributed by atoms with Gasteiger partial charge in [-0.15, -0.1) is 0 Å². The Bertz CT molecular complexity index is 365. The summed E-state index contributed by atoms with van der Waals surface area (Å²) < 4.78 is 10.7. The molecule has 0 saturated carbocycles. The van der Waals surface area contributed by atoms with Crippen molar-refractivity contribution in [2.75, 3.05) is 20.3 Å². The molecule has 1 unspecified atom stereocenters. The Morgan fingerprint density at radius 3 is 2.94 bits per heavy atom. The topological polar surface area (TPSA) is 44.5 Å². The van der Waals surface area contributed by atoms with E-state index in [2.05, 4.69) is 12.1 Å². The molecular formula is C14H21NO2. The van der Waals surface area contributed by atoms with Gasteiger partial charge in [0.2, 0.25) is 0 Å². The van der Waals surface area contributed by atoms with Gasteiger partial charge in [0.25, 0.3) is 0 Å². The van der Waals surface area contributed by atoms with Crippen LogP contribution in [0.5, 0.6) is 5.75 Å². The minimum absolute atomic E-state index is 0.223. The number of hydrogen-bond donors (Lipinski definition) is 1. The third-order valence-electron chi connectivity index (χ3n) is 3.25. The fraction of sp³-hybridized carbons (Fsp3) is 0.571. The molecule has 0 bridgehead atoms. The summed E-state index contributed by atoms with van der Waals surface area (Å²) in [4.78, 5) is 0. The molecular weight excluding hydrogens is 214 g/mol. The first-order valence-corrected chi connectivity index (χ1v) is 6.31. The van der Waals surface area contributed by atoms with Gasteiger partial charge in [0, 0.05) is 19.8 Å². The van der Waals surface area contributed by atoms with E-state index in [-0.39, 0.29) is 6.04 Å². The first-order valence-electron chi connectivity index (χ1n) is 6.31. The maximum atomic E-state index is 6.00. The molecule has 3 heteroatoms. The molecule has 0 fully saturated rings. The average Bonchev–Trinajstić information content (AvgIpc) is 2.71. The molecule has 3 nitrogen and oxygen atoms in total. The molecule has 1 aliphatic carbocycles. The normalized spacial score (nSPS) is 18.1. The Hall–Kier alpha value is -1.06. The molecule has 0 aromatic heterocycles. The van der Waals surface area contributed by atoms with Crippen molar-refractivity contribution in [1.82, 2.24) is 0 Å². The second-order valence-electron chi connectivity index (χ2n) is 4.55. The molecule has 17 heavy (non-hydrogen) atoms. The van der Waals surface area contributed by atoms with Crippen molar-refractivity contribution in [3.63, 3.8) is 0 Å². The third kappa shape index (κ3) is 3.20. The van der Waals surface area contributed by atoms with E-state index in [0.29, 0.717) is 0 Å². The smallest absolute Gasteiger partial charge is 0.119 e. The molecule has 2 rings (SSSR count). The Labute approximate surface area is 103 Å². The first-order chi connectivity index (χ1) is 8.31. The van der Waals surface area contributed by atoms with Crippen molar-refractivity contribution in [3.8, 4) is 5.75 Å². The van der Waals surface area contributed by atoms with Gasteiger partial charge >= 0.3 is 0 Å². The highest BCUT2D eigenvalue weighted by Crippen LogP contribution is 2.31. The van der Waals surface area contributed by atoms with E-state index in [1.807, 2.05) is 6.07 Å². The number of benzene rings is 1. The van der Waals surface area contributed by atoms with Gasteiger partial charge in [0.15, 0.2) is 0 Å². The van der Waals surface area contributed by atoms with E-state index >= 15 is 0 Å². The van der Waals surface area contributed by atoms with E-state index in [0.717, 1.165) is 44.6 Å². The van der Waals surface area contributed by atoms with Crippen molar-refractivity contribution in [2.45, 2.75) is 31.7 Å². The summed E-state index contributed by atoms with van der Waals surface area (Å²) in [6, 6.07) is 6.50. The number of nitrogens with two attached hydrogens (primary N) is 1. The fourth-order valence-electron chi connectivity index (χ4n) is 2.26. The van der Waals surface area contributed by atoms with Gasteiger partial charge in [-0.3, -0.25) is 0 Å². The van der Waals surface area contributed by atoms with Crippen molar-refractivity contribution < 1.29 is 9.47 Å². The van der Waals surface area contributed by atoms with Crippen LogP contribution in [0.25, 0.3) is 0 Å². The second-order valence-corrected chi connectivity index (χ2v) is 4.55. The van der Waals surface area contributed by atoms with E-state index in [4.69, 9.17) is 15.2 Å². The van der Waals surface area contributed by atoms with Gasteiger partial charge in [-0.25, -0.2) is 0 Å². The van der Waals surface area contributed by atoms with Crippen molar-refractivity contribution in [1.29, 1.82) is 0 Å². The zero-order valence-electron chi connectivity index (χ0n) is 10.4. The lowest BCUT2D eigenvalue weighted by Gasteiger charge is -2.09. The molecule has 1 atom stereocenters. The van der Waals surface area contributed by atoms with Crippen LogP contribution in [0.15, 0.2) is 18.2 Å². The summed E-state index contributed by atoms with van der Waals surface area (Å²) in [5, 5.41) is 0. The first kappa shape index (κ1) is 12.4. The standard InChI is InChI=1S/C14H21NO2/c1-16-8-2-3-9-17-12-5-6-13-11(10-12)4-7-14(13)15/h5-6,10,14H,2-4,7-9,15H2,1H3. The summed E-state index contributed by atoms with van der Waals surface area (Å²) in [5.74, 6) is 0.968. The summed E-state index contributed by atoms with van der Waals surface area (Å²) >= 11 is 0. The van der Waals surface area contributed by atoms with Gasteiger partial charge in [0.1, 0.15) is 5.75 Å².